The first-order valence-corrected chi connectivity index (χ1v) is 16.6. The van der Waals surface area contributed by atoms with Crippen molar-refractivity contribution in [2.24, 2.45) is 5.92 Å². The molecule has 1 aliphatic heterocycles. The third-order valence-electron chi connectivity index (χ3n) is 8.43. The van der Waals surface area contributed by atoms with Crippen LogP contribution in [0, 0.1) is 37.2 Å². The number of hydrogen-bond acceptors (Lipinski definition) is 5. The van der Waals surface area contributed by atoms with Gasteiger partial charge in [0.25, 0.3) is 5.91 Å². The SMILES string of the molecule is Cc1cc(C(=O)O)cc(C=Cc2cccc(F)c2)n1.Cc1nc(C=Cc2cccc(F)c2)ccc1C(=O)N1CCC(C(=O)c2ccc(F)cc2)CC1. The number of Topliss-reactive ketones (excluding diaryl/α,β-unsaturated/α-hetero) is 1. The number of hydrogen-bond donors (Lipinski definition) is 1. The third-order valence-corrected chi connectivity index (χ3v) is 8.43. The van der Waals surface area contributed by atoms with E-state index in [1.807, 2.05) is 0 Å². The maximum Gasteiger partial charge on any atom is 0.335 e. The molecule has 10 heteroatoms. The molecule has 3 aromatic carbocycles. The highest BCUT2D eigenvalue weighted by atomic mass is 19.1. The van der Waals surface area contributed by atoms with Gasteiger partial charge >= 0.3 is 5.97 Å². The largest absolute Gasteiger partial charge is 0.478 e. The quantitative estimate of drug-likeness (QED) is 0.162. The molecule has 1 amide bonds. The zero-order valence-corrected chi connectivity index (χ0v) is 28.6. The molecule has 0 aliphatic carbocycles. The van der Waals surface area contributed by atoms with Gasteiger partial charge in [-0.3, -0.25) is 19.6 Å². The lowest BCUT2D eigenvalue weighted by Crippen LogP contribution is -2.40. The predicted octanol–water partition coefficient (Wildman–Crippen LogP) is 8.97. The maximum atomic E-state index is 13.3. The number of piperidine rings is 1. The predicted molar refractivity (Wildman–Crippen MR) is 195 cm³/mol. The minimum atomic E-state index is -0.995. The Kier molecular flexibility index (Phi) is 12.3. The van der Waals surface area contributed by atoms with Gasteiger partial charge in [0.2, 0.25) is 0 Å². The number of carbonyl (C=O) groups is 3. The van der Waals surface area contributed by atoms with Crippen LogP contribution in [0.3, 0.4) is 0 Å². The maximum absolute atomic E-state index is 13.3. The van der Waals surface area contributed by atoms with Gasteiger partial charge in [0.15, 0.2) is 5.78 Å². The molecule has 0 saturated carbocycles. The van der Waals surface area contributed by atoms with Crippen LogP contribution in [0.25, 0.3) is 24.3 Å². The van der Waals surface area contributed by atoms with Crippen LogP contribution in [0.15, 0.2) is 97.1 Å². The lowest BCUT2D eigenvalue weighted by Gasteiger charge is -2.31. The van der Waals surface area contributed by atoms with Crippen LogP contribution in [-0.4, -0.2) is 50.7 Å². The van der Waals surface area contributed by atoms with Crippen LogP contribution < -0.4 is 0 Å². The highest BCUT2D eigenvalue weighted by Crippen LogP contribution is 2.24. The molecule has 0 spiro atoms. The van der Waals surface area contributed by atoms with Gasteiger partial charge < -0.3 is 10.0 Å². The van der Waals surface area contributed by atoms with E-state index in [0.29, 0.717) is 65.4 Å². The summed E-state index contributed by atoms with van der Waals surface area (Å²) in [7, 11) is 0. The fourth-order valence-corrected chi connectivity index (χ4v) is 5.75. The van der Waals surface area contributed by atoms with Crippen molar-refractivity contribution in [1.82, 2.24) is 14.9 Å². The molecule has 1 N–H and O–H groups in total. The number of benzene rings is 3. The van der Waals surface area contributed by atoms with Gasteiger partial charge in [-0.1, -0.05) is 36.4 Å². The summed E-state index contributed by atoms with van der Waals surface area (Å²) in [6.07, 6.45) is 8.05. The molecule has 0 atom stereocenters. The summed E-state index contributed by atoms with van der Waals surface area (Å²) in [5, 5.41) is 8.95. The van der Waals surface area contributed by atoms with Gasteiger partial charge in [0, 0.05) is 30.3 Å². The molecular formula is C42H36F3N3O4. The molecule has 52 heavy (non-hydrogen) atoms. The molecule has 1 fully saturated rings. The highest BCUT2D eigenvalue weighted by molar-refractivity contribution is 5.98. The van der Waals surface area contributed by atoms with Crippen molar-refractivity contribution < 1.29 is 32.7 Å². The number of carbonyl (C=O) groups excluding carboxylic acids is 2. The second-order valence-corrected chi connectivity index (χ2v) is 12.3. The number of pyridine rings is 2. The number of likely N-dealkylation sites (tertiary alicyclic amines) is 1. The van der Waals surface area contributed by atoms with Crippen LogP contribution in [-0.2, 0) is 0 Å². The van der Waals surface area contributed by atoms with E-state index in [9.17, 15) is 27.6 Å². The summed E-state index contributed by atoms with van der Waals surface area (Å²) in [5.74, 6) is -2.26. The molecule has 0 unspecified atom stereocenters. The second-order valence-electron chi connectivity index (χ2n) is 12.3. The fourth-order valence-electron chi connectivity index (χ4n) is 5.75. The first-order chi connectivity index (χ1) is 24.9. The van der Waals surface area contributed by atoms with Crippen molar-refractivity contribution in [2.45, 2.75) is 26.7 Å². The number of carboxylic acids is 1. The van der Waals surface area contributed by atoms with Gasteiger partial charge in [-0.15, -0.1) is 0 Å². The van der Waals surface area contributed by atoms with Crippen LogP contribution in [0.5, 0.6) is 0 Å². The van der Waals surface area contributed by atoms with E-state index in [1.54, 1.807) is 79.4 Å². The van der Waals surface area contributed by atoms with Crippen LogP contribution in [0.4, 0.5) is 13.2 Å². The standard InChI is InChI=1S/C27H24F2N2O2.C15H12FNO2/c1-18-25(12-11-24(30-18)10-5-19-3-2-4-23(29)17-19)27(33)31-15-13-21(14-16-31)26(32)20-6-8-22(28)9-7-20;1-10-7-12(15(18)19)9-14(17-10)6-5-11-3-2-4-13(16)8-11/h2-12,17,21H,13-16H2,1H3;2-9H,1H3,(H,18,19). The van der Waals surface area contributed by atoms with E-state index in [2.05, 4.69) is 9.97 Å². The number of ketones is 1. The van der Waals surface area contributed by atoms with E-state index in [-0.39, 0.29) is 40.6 Å². The van der Waals surface area contributed by atoms with Crippen LogP contribution in [0.2, 0.25) is 0 Å². The molecule has 264 valence electrons. The Labute approximate surface area is 299 Å². The zero-order valence-electron chi connectivity index (χ0n) is 28.6. The number of carboxylic acid groups (broad SMARTS) is 1. The summed E-state index contributed by atoms with van der Waals surface area (Å²) >= 11 is 0. The fraction of sp³-hybridized carbons (Fsp3) is 0.167. The molecule has 5 aromatic rings. The second kappa shape index (κ2) is 17.2. The molecule has 1 aliphatic rings. The van der Waals surface area contributed by atoms with E-state index in [4.69, 9.17) is 5.11 Å². The number of amides is 1. The van der Waals surface area contributed by atoms with Gasteiger partial charge in [0.05, 0.1) is 28.2 Å². The van der Waals surface area contributed by atoms with Crippen LogP contribution >= 0.6 is 0 Å². The number of halogens is 3. The first-order valence-electron chi connectivity index (χ1n) is 16.6. The minimum absolute atomic E-state index is 0.00520. The van der Waals surface area contributed by atoms with Crippen molar-refractivity contribution in [3.8, 4) is 0 Å². The monoisotopic (exact) mass is 703 g/mol. The summed E-state index contributed by atoms with van der Waals surface area (Å²) in [5.41, 5.74) is 5.09. The molecule has 3 heterocycles. The highest BCUT2D eigenvalue weighted by Gasteiger charge is 2.29. The normalized spacial score (nSPS) is 13.2. The Hall–Kier alpha value is -6.16. The number of aromatic nitrogens is 2. The average Bonchev–Trinajstić information content (AvgIpc) is 3.13. The number of aryl methyl sites for hydroxylation is 2. The van der Waals surface area contributed by atoms with E-state index in [1.165, 1.54) is 60.7 Å². The Balaban J connectivity index is 0.000000233. The van der Waals surface area contributed by atoms with Gasteiger partial charge in [-0.2, -0.15) is 0 Å². The molecule has 0 bridgehead atoms. The molecular weight excluding hydrogens is 667 g/mol. The van der Waals surface area contributed by atoms with Crippen molar-refractivity contribution in [3.63, 3.8) is 0 Å². The lowest BCUT2D eigenvalue weighted by atomic mass is 9.88. The Morgan fingerprint density at radius 2 is 1.27 bits per heavy atom. The zero-order chi connectivity index (χ0) is 37.2. The average molecular weight is 704 g/mol. The summed E-state index contributed by atoms with van der Waals surface area (Å²) in [4.78, 5) is 47.1. The smallest absolute Gasteiger partial charge is 0.335 e. The van der Waals surface area contributed by atoms with E-state index < -0.39 is 5.97 Å². The number of rotatable bonds is 8. The minimum Gasteiger partial charge on any atom is -0.478 e. The molecule has 0 radical (unpaired) electrons. The van der Waals surface area contributed by atoms with Gasteiger partial charge in [-0.05, 0) is 123 Å². The topological polar surface area (TPSA) is 100 Å². The Morgan fingerprint density at radius 3 is 1.83 bits per heavy atom. The summed E-state index contributed by atoms with van der Waals surface area (Å²) in [6.45, 7) is 4.48. The Morgan fingerprint density at radius 1 is 0.673 bits per heavy atom. The summed E-state index contributed by atoms with van der Waals surface area (Å²) < 4.78 is 39.4. The molecule has 2 aromatic heterocycles. The Bertz CT molecular complexity index is 2140. The van der Waals surface area contributed by atoms with Crippen molar-refractivity contribution in [1.29, 1.82) is 0 Å². The summed E-state index contributed by atoms with van der Waals surface area (Å²) in [6, 6.07) is 24.5. The molecule has 6 rings (SSSR count). The third kappa shape index (κ3) is 10.2. The lowest BCUT2D eigenvalue weighted by molar-refractivity contribution is 0.0649. The van der Waals surface area contributed by atoms with E-state index >= 15 is 0 Å². The van der Waals surface area contributed by atoms with Gasteiger partial charge in [0.1, 0.15) is 17.5 Å². The number of aromatic carboxylic acids is 1. The van der Waals surface area contributed by atoms with Crippen molar-refractivity contribution in [2.75, 3.05) is 13.1 Å². The van der Waals surface area contributed by atoms with Gasteiger partial charge in [-0.25, -0.2) is 18.0 Å². The van der Waals surface area contributed by atoms with Crippen molar-refractivity contribution >= 4 is 42.0 Å². The van der Waals surface area contributed by atoms with E-state index in [0.717, 1.165) is 5.56 Å². The van der Waals surface area contributed by atoms with Crippen LogP contribution in [0.1, 0.15) is 77.8 Å². The molecule has 1 saturated heterocycles. The first kappa shape index (κ1) is 37.1. The van der Waals surface area contributed by atoms with Crippen molar-refractivity contribution in [3.05, 3.63) is 165 Å². The number of nitrogens with zero attached hydrogens (tertiary/aromatic N) is 3. The molecule has 7 nitrogen and oxygen atoms in total.